The second kappa shape index (κ2) is 7.56. The van der Waals surface area contributed by atoms with Crippen LogP contribution >= 0.6 is 0 Å². The number of hydrogen-bond donors (Lipinski definition) is 2. The van der Waals surface area contributed by atoms with E-state index in [-0.39, 0.29) is 23.4 Å². The Labute approximate surface area is 176 Å². The van der Waals surface area contributed by atoms with E-state index in [2.05, 4.69) is 25.9 Å². The van der Waals surface area contributed by atoms with Gasteiger partial charge in [0.05, 0.1) is 6.20 Å². The average molecular weight is 418 g/mol. The molecule has 156 valence electrons. The lowest BCUT2D eigenvalue weighted by Gasteiger charge is -2.07. The van der Waals surface area contributed by atoms with Gasteiger partial charge in [-0.25, -0.2) is 9.50 Å². The highest BCUT2D eigenvalue weighted by atomic mass is 16.5. The maximum Gasteiger partial charge on any atom is 0.277 e. The number of aromatic nitrogens is 4. The molecular formula is C21H18N6O4. The number of imidazole rings is 1. The van der Waals surface area contributed by atoms with Crippen molar-refractivity contribution in [1.82, 2.24) is 19.8 Å². The first-order valence-corrected chi connectivity index (χ1v) is 9.73. The zero-order valence-corrected chi connectivity index (χ0v) is 16.5. The number of fused-ring (bicyclic) bond motifs is 1. The Morgan fingerprint density at radius 1 is 1.16 bits per heavy atom. The molecule has 2 N–H and O–H groups in total. The number of carbonyl (C=O) groups is 2. The Morgan fingerprint density at radius 3 is 2.81 bits per heavy atom. The van der Waals surface area contributed by atoms with Crippen molar-refractivity contribution in [1.29, 1.82) is 0 Å². The summed E-state index contributed by atoms with van der Waals surface area (Å²) in [5.74, 6) is 1.53. The Hall–Kier alpha value is -4.21. The Morgan fingerprint density at radius 2 is 2.03 bits per heavy atom. The molecule has 1 fully saturated rings. The molecule has 1 aromatic carbocycles. The quantitative estimate of drug-likeness (QED) is 0.492. The highest BCUT2D eigenvalue weighted by molar-refractivity contribution is 6.02. The summed E-state index contributed by atoms with van der Waals surface area (Å²) in [4.78, 5) is 28.5. The number of hydrogen-bond acceptors (Lipinski definition) is 7. The summed E-state index contributed by atoms with van der Waals surface area (Å²) in [6.45, 7) is 1.71. The van der Waals surface area contributed by atoms with E-state index in [1.54, 1.807) is 55.6 Å². The topological polar surface area (TPSA) is 124 Å². The lowest BCUT2D eigenvalue weighted by Crippen LogP contribution is -2.13. The molecule has 3 aromatic heterocycles. The molecule has 3 heterocycles. The third-order valence-electron chi connectivity index (χ3n) is 4.67. The molecule has 0 unspecified atom stereocenters. The van der Waals surface area contributed by atoms with Crippen LogP contribution in [-0.2, 0) is 4.79 Å². The number of ether oxygens (including phenoxy) is 1. The predicted octanol–water partition coefficient (Wildman–Crippen LogP) is 3.42. The summed E-state index contributed by atoms with van der Waals surface area (Å²) in [7, 11) is 0. The van der Waals surface area contributed by atoms with E-state index in [9.17, 15) is 9.59 Å². The van der Waals surface area contributed by atoms with Crippen LogP contribution in [0.25, 0.3) is 5.65 Å². The second-order valence-electron chi connectivity index (χ2n) is 7.27. The van der Waals surface area contributed by atoms with E-state index in [1.165, 1.54) is 4.52 Å². The van der Waals surface area contributed by atoms with Gasteiger partial charge in [0.1, 0.15) is 11.5 Å². The zero-order valence-electron chi connectivity index (χ0n) is 16.5. The molecule has 0 atom stereocenters. The van der Waals surface area contributed by atoms with Crippen molar-refractivity contribution in [3.05, 3.63) is 60.1 Å². The van der Waals surface area contributed by atoms with Gasteiger partial charge in [0.15, 0.2) is 17.2 Å². The van der Waals surface area contributed by atoms with Gasteiger partial charge in [-0.15, -0.1) is 5.10 Å². The maximum absolute atomic E-state index is 12.2. The third-order valence-corrected chi connectivity index (χ3v) is 4.67. The van der Waals surface area contributed by atoms with Gasteiger partial charge in [0.2, 0.25) is 11.8 Å². The van der Waals surface area contributed by atoms with E-state index < -0.39 is 0 Å². The lowest BCUT2D eigenvalue weighted by atomic mass is 10.3. The minimum absolute atomic E-state index is 0.0143. The SMILES string of the molecule is Cc1cc(C(=O)Nc2cccc(Oc3ccc4nc(NC(=O)C5CC5)cn4n3)c2)no1. The van der Waals surface area contributed by atoms with Crippen LogP contribution in [-0.4, -0.2) is 31.6 Å². The van der Waals surface area contributed by atoms with Gasteiger partial charge in [-0.3, -0.25) is 9.59 Å². The molecule has 1 saturated carbocycles. The number of benzene rings is 1. The van der Waals surface area contributed by atoms with Crippen LogP contribution in [0.3, 0.4) is 0 Å². The molecule has 0 aliphatic heterocycles. The summed E-state index contributed by atoms with van der Waals surface area (Å²) in [6.07, 6.45) is 3.49. The fourth-order valence-electron chi connectivity index (χ4n) is 2.98. The molecule has 2 amide bonds. The molecule has 0 saturated heterocycles. The van der Waals surface area contributed by atoms with Crippen LogP contribution in [0, 0.1) is 12.8 Å². The van der Waals surface area contributed by atoms with Crippen molar-refractivity contribution < 1.29 is 18.8 Å². The summed E-state index contributed by atoms with van der Waals surface area (Å²) in [6, 6.07) is 11.9. The summed E-state index contributed by atoms with van der Waals surface area (Å²) < 4.78 is 12.3. The second-order valence-corrected chi connectivity index (χ2v) is 7.27. The predicted molar refractivity (Wildman–Crippen MR) is 110 cm³/mol. The Kier molecular flexibility index (Phi) is 4.58. The number of rotatable bonds is 6. The summed E-state index contributed by atoms with van der Waals surface area (Å²) in [5.41, 5.74) is 1.32. The van der Waals surface area contributed by atoms with Crippen molar-refractivity contribution in [3.8, 4) is 11.6 Å². The minimum Gasteiger partial charge on any atom is -0.438 e. The molecule has 1 aliphatic carbocycles. The van der Waals surface area contributed by atoms with Gasteiger partial charge in [-0.1, -0.05) is 11.2 Å². The third kappa shape index (κ3) is 4.22. The van der Waals surface area contributed by atoms with Crippen LogP contribution in [0.4, 0.5) is 11.5 Å². The average Bonchev–Trinajstić information content (AvgIpc) is 3.39. The number of nitrogens with one attached hydrogen (secondary N) is 2. The van der Waals surface area contributed by atoms with Crippen molar-refractivity contribution >= 4 is 29.0 Å². The number of nitrogens with zero attached hydrogens (tertiary/aromatic N) is 4. The first-order valence-electron chi connectivity index (χ1n) is 9.73. The molecule has 1 aliphatic rings. The monoisotopic (exact) mass is 418 g/mol. The molecule has 0 bridgehead atoms. The highest BCUT2D eigenvalue weighted by Gasteiger charge is 2.30. The van der Waals surface area contributed by atoms with Gasteiger partial charge in [0.25, 0.3) is 5.91 Å². The van der Waals surface area contributed by atoms with Crippen LogP contribution in [0.15, 0.2) is 53.2 Å². The van der Waals surface area contributed by atoms with Crippen LogP contribution in [0.2, 0.25) is 0 Å². The normalized spacial score (nSPS) is 13.2. The maximum atomic E-state index is 12.2. The molecule has 10 heteroatoms. The van der Waals surface area contributed by atoms with E-state index >= 15 is 0 Å². The smallest absolute Gasteiger partial charge is 0.277 e. The molecule has 4 aromatic rings. The van der Waals surface area contributed by atoms with Crippen LogP contribution in [0.1, 0.15) is 29.1 Å². The molecule has 5 rings (SSSR count). The van der Waals surface area contributed by atoms with E-state index in [0.717, 1.165) is 12.8 Å². The van der Waals surface area contributed by atoms with Gasteiger partial charge in [-0.2, -0.15) is 0 Å². The molecule has 31 heavy (non-hydrogen) atoms. The highest BCUT2D eigenvalue weighted by Crippen LogP contribution is 2.30. The van der Waals surface area contributed by atoms with E-state index in [0.29, 0.717) is 34.5 Å². The minimum atomic E-state index is -0.382. The fourth-order valence-corrected chi connectivity index (χ4v) is 2.98. The molecule has 0 spiro atoms. The standard InChI is InChI=1S/C21H18N6O4/c1-12-9-16(26-31-12)21(29)22-14-3-2-4-15(10-14)30-19-8-7-18-23-17(11-27(18)25-19)24-20(28)13-5-6-13/h2-4,7-11,13H,5-6H2,1H3,(H,22,29)(H,24,28). The largest absolute Gasteiger partial charge is 0.438 e. The van der Waals surface area contributed by atoms with E-state index in [1.807, 2.05) is 0 Å². The van der Waals surface area contributed by atoms with Crippen LogP contribution < -0.4 is 15.4 Å². The number of anilines is 2. The molecule has 0 radical (unpaired) electrons. The van der Waals surface area contributed by atoms with Crippen molar-refractivity contribution in [3.63, 3.8) is 0 Å². The Bertz CT molecular complexity index is 1290. The number of amides is 2. The van der Waals surface area contributed by atoms with Crippen molar-refractivity contribution in [2.45, 2.75) is 19.8 Å². The van der Waals surface area contributed by atoms with Crippen LogP contribution in [0.5, 0.6) is 11.6 Å². The summed E-state index contributed by atoms with van der Waals surface area (Å²) in [5, 5.41) is 13.6. The Balaban J connectivity index is 1.29. The van der Waals surface area contributed by atoms with Gasteiger partial charge in [-0.05, 0) is 38.0 Å². The van der Waals surface area contributed by atoms with Crippen molar-refractivity contribution in [2.75, 3.05) is 10.6 Å². The molecule has 10 nitrogen and oxygen atoms in total. The lowest BCUT2D eigenvalue weighted by molar-refractivity contribution is -0.117. The van der Waals surface area contributed by atoms with Gasteiger partial charge >= 0.3 is 0 Å². The summed E-state index contributed by atoms with van der Waals surface area (Å²) >= 11 is 0. The van der Waals surface area contributed by atoms with Gasteiger partial charge < -0.3 is 19.9 Å². The zero-order chi connectivity index (χ0) is 21.4. The van der Waals surface area contributed by atoms with E-state index in [4.69, 9.17) is 9.26 Å². The first-order chi connectivity index (χ1) is 15.0. The molecular weight excluding hydrogens is 400 g/mol. The first kappa shape index (κ1) is 18.8. The number of aryl methyl sites for hydroxylation is 1. The fraction of sp³-hybridized carbons (Fsp3) is 0.190. The van der Waals surface area contributed by atoms with Gasteiger partial charge in [0, 0.05) is 29.8 Å². The van der Waals surface area contributed by atoms with Crippen molar-refractivity contribution in [2.24, 2.45) is 5.92 Å². The number of carbonyl (C=O) groups excluding carboxylic acids is 2.